The summed E-state index contributed by atoms with van der Waals surface area (Å²) < 4.78 is 25.9. The van der Waals surface area contributed by atoms with Gasteiger partial charge in [-0.1, -0.05) is 34.8 Å². The van der Waals surface area contributed by atoms with Crippen LogP contribution >= 0.6 is 34.8 Å². The van der Waals surface area contributed by atoms with Crippen LogP contribution in [0.25, 0.3) is 0 Å². The third-order valence-corrected chi connectivity index (χ3v) is 5.55. The minimum atomic E-state index is -3.92. The van der Waals surface area contributed by atoms with E-state index in [9.17, 15) is 13.2 Å². The first-order valence-corrected chi connectivity index (χ1v) is 7.81. The minimum absolute atomic E-state index is 0.0662. The van der Waals surface area contributed by atoms with Crippen molar-refractivity contribution in [3.8, 4) is 0 Å². The second-order valence-electron chi connectivity index (χ2n) is 3.89. The fourth-order valence-corrected chi connectivity index (χ4v) is 4.61. The van der Waals surface area contributed by atoms with E-state index in [2.05, 4.69) is 5.32 Å². The Morgan fingerprint density at radius 3 is 2.26 bits per heavy atom. The van der Waals surface area contributed by atoms with Gasteiger partial charge in [0.2, 0.25) is 15.9 Å². The Bertz CT molecular complexity index is 610. The summed E-state index contributed by atoms with van der Waals surface area (Å²) in [5.74, 6) is -0.365. The molecule has 1 aromatic rings. The van der Waals surface area contributed by atoms with Gasteiger partial charge >= 0.3 is 0 Å². The highest BCUT2D eigenvalue weighted by molar-refractivity contribution is 7.89. The number of piperazine rings is 1. The molecule has 1 aromatic carbocycles. The van der Waals surface area contributed by atoms with Crippen molar-refractivity contribution in [2.75, 3.05) is 19.6 Å². The third-order valence-electron chi connectivity index (χ3n) is 2.56. The number of hydrogen-bond donors (Lipinski definition) is 1. The van der Waals surface area contributed by atoms with Crippen LogP contribution in [-0.2, 0) is 14.8 Å². The summed E-state index contributed by atoms with van der Waals surface area (Å²) in [5.41, 5.74) is 0. The smallest absolute Gasteiger partial charge is 0.246 e. The van der Waals surface area contributed by atoms with Gasteiger partial charge in [-0.3, -0.25) is 4.79 Å². The van der Waals surface area contributed by atoms with Crippen molar-refractivity contribution in [3.05, 3.63) is 27.2 Å². The van der Waals surface area contributed by atoms with Crippen LogP contribution in [-0.4, -0.2) is 38.3 Å². The number of halogens is 3. The Kier molecular flexibility index (Phi) is 4.27. The second kappa shape index (κ2) is 5.46. The molecule has 1 amide bonds. The summed E-state index contributed by atoms with van der Waals surface area (Å²) in [5, 5.41) is 2.65. The number of nitrogens with zero attached hydrogens (tertiary/aromatic N) is 1. The molecule has 0 aliphatic carbocycles. The van der Waals surface area contributed by atoms with Gasteiger partial charge in [-0.25, -0.2) is 8.42 Å². The predicted molar refractivity (Wildman–Crippen MR) is 73.2 cm³/mol. The lowest BCUT2D eigenvalue weighted by molar-refractivity contribution is -0.122. The highest BCUT2D eigenvalue weighted by Gasteiger charge is 2.32. The maximum atomic E-state index is 12.4. The number of sulfonamides is 1. The van der Waals surface area contributed by atoms with Crippen molar-refractivity contribution in [2.24, 2.45) is 0 Å². The number of hydrogen-bond acceptors (Lipinski definition) is 3. The minimum Gasteiger partial charge on any atom is -0.354 e. The average molecular weight is 344 g/mol. The molecule has 1 saturated heterocycles. The summed E-state index contributed by atoms with van der Waals surface area (Å²) in [6, 6.07) is 2.60. The number of benzene rings is 1. The molecule has 1 fully saturated rings. The summed E-state index contributed by atoms with van der Waals surface area (Å²) >= 11 is 17.5. The van der Waals surface area contributed by atoms with Crippen molar-refractivity contribution in [3.63, 3.8) is 0 Å². The van der Waals surface area contributed by atoms with Crippen molar-refractivity contribution < 1.29 is 13.2 Å². The van der Waals surface area contributed by atoms with E-state index in [1.807, 2.05) is 0 Å². The fraction of sp³-hybridized carbons (Fsp3) is 0.300. The molecule has 0 unspecified atom stereocenters. The standard InChI is InChI=1S/C10H9Cl3N2O3S/c11-6-3-7(12)10(8(13)4-6)19(17,18)15-2-1-14-9(16)5-15/h3-4H,1-2,5H2,(H,14,16). The highest BCUT2D eigenvalue weighted by Crippen LogP contribution is 2.34. The molecule has 1 heterocycles. The molecule has 0 spiro atoms. The molecule has 0 atom stereocenters. The average Bonchev–Trinajstić information content (AvgIpc) is 2.26. The van der Waals surface area contributed by atoms with Gasteiger partial charge in [0.15, 0.2) is 0 Å². The van der Waals surface area contributed by atoms with E-state index in [1.165, 1.54) is 12.1 Å². The Labute approximate surface area is 125 Å². The first kappa shape index (κ1) is 14.9. The number of rotatable bonds is 2. The number of carbonyl (C=O) groups excluding carboxylic acids is 1. The molecule has 0 aromatic heterocycles. The molecule has 0 radical (unpaired) electrons. The Hall–Kier alpha value is -0.530. The zero-order valence-electron chi connectivity index (χ0n) is 9.49. The van der Waals surface area contributed by atoms with Crippen LogP contribution in [0.1, 0.15) is 0 Å². The van der Waals surface area contributed by atoms with Crippen molar-refractivity contribution in [1.82, 2.24) is 9.62 Å². The second-order valence-corrected chi connectivity index (χ2v) is 7.01. The number of nitrogens with one attached hydrogen (secondary N) is 1. The van der Waals surface area contributed by atoms with Gasteiger partial charge in [0.1, 0.15) is 4.90 Å². The molecule has 1 aliphatic rings. The van der Waals surface area contributed by atoms with E-state index in [0.717, 1.165) is 4.31 Å². The first-order valence-electron chi connectivity index (χ1n) is 5.24. The van der Waals surface area contributed by atoms with Crippen LogP contribution in [0.4, 0.5) is 0 Å². The largest absolute Gasteiger partial charge is 0.354 e. The van der Waals surface area contributed by atoms with Crippen LogP contribution < -0.4 is 5.32 Å². The topological polar surface area (TPSA) is 66.5 Å². The third kappa shape index (κ3) is 2.98. The predicted octanol–water partition coefficient (Wildman–Crippen LogP) is 1.77. The molecular weight excluding hydrogens is 335 g/mol. The number of amides is 1. The zero-order valence-corrected chi connectivity index (χ0v) is 12.6. The van der Waals surface area contributed by atoms with E-state index >= 15 is 0 Å². The van der Waals surface area contributed by atoms with Crippen LogP contribution in [0.2, 0.25) is 15.1 Å². The van der Waals surface area contributed by atoms with Gasteiger partial charge in [-0.2, -0.15) is 4.31 Å². The van der Waals surface area contributed by atoms with E-state index in [0.29, 0.717) is 0 Å². The molecule has 2 rings (SSSR count). The van der Waals surface area contributed by atoms with Crippen LogP contribution in [0.5, 0.6) is 0 Å². The van der Waals surface area contributed by atoms with Crippen LogP contribution in [0.15, 0.2) is 17.0 Å². The lowest BCUT2D eigenvalue weighted by Gasteiger charge is -2.26. The van der Waals surface area contributed by atoms with Crippen LogP contribution in [0.3, 0.4) is 0 Å². The van der Waals surface area contributed by atoms with Gasteiger partial charge in [0.25, 0.3) is 0 Å². The summed E-state index contributed by atoms with van der Waals surface area (Å²) in [6.45, 7) is 0.169. The Balaban J connectivity index is 2.48. The normalized spacial score (nSPS) is 17.3. The highest BCUT2D eigenvalue weighted by atomic mass is 35.5. The molecule has 1 N–H and O–H groups in total. The van der Waals surface area contributed by atoms with E-state index in [4.69, 9.17) is 34.8 Å². The lowest BCUT2D eigenvalue weighted by atomic mass is 10.4. The van der Waals surface area contributed by atoms with Gasteiger partial charge in [0.05, 0.1) is 16.6 Å². The zero-order chi connectivity index (χ0) is 14.2. The molecule has 9 heteroatoms. The Morgan fingerprint density at radius 1 is 1.16 bits per heavy atom. The van der Waals surface area contributed by atoms with Gasteiger partial charge in [-0.05, 0) is 12.1 Å². The maximum absolute atomic E-state index is 12.4. The van der Waals surface area contributed by atoms with Gasteiger partial charge in [0, 0.05) is 18.1 Å². The Morgan fingerprint density at radius 2 is 1.74 bits per heavy atom. The lowest BCUT2D eigenvalue weighted by Crippen LogP contribution is -2.49. The molecule has 5 nitrogen and oxygen atoms in total. The summed E-state index contributed by atoms with van der Waals surface area (Å²) in [6.07, 6.45) is 0. The van der Waals surface area contributed by atoms with E-state index in [1.54, 1.807) is 0 Å². The monoisotopic (exact) mass is 342 g/mol. The molecule has 0 bridgehead atoms. The van der Waals surface area contributed by atoms with Crippen molar-refractivity contribution in [1.29, 1.82) is 0 Å². The number of carbonyl (C=O) groups is 1. The van der Waals surface area contributed by atoms with Crippen molar-refractivity contribution >= 4 is 50.7 Å². The van der Waals surface area contributed by atoms with Crippen LogP contribution in [0, 0.1) is 0 Å². The first-order chi connectivity index (χ1) is 8.82. The molecule has 0 saturated carbocycles. The SMILES string of the molecule is O=C1CN(S(=O)(=O)c2c(Cl)cc(Cl)cc2Cl)CCN1. The summed E-state index contributed by atoms with van der Waals surface area (Å²) in [4.78, 5) is 11.0. The molecule has 19 heavy (non-hydrogen) atoms. The van der Waals surface area contributed by atoms with E-state index in [-0.39, 0.29) is 45.5 Å². The van der Waals surface area contributed by atoms with E-state index < -0.39 is 10.0 Å². The molecule has 104 valence electrons. The van der Waals surface area contributed by atoms with Gasteiger partial charge < -0.3 is 5.32 Å². The quantitative estimate of drug-likeness (QED) is 0.890. The van der Waals surface area contributed by atoms with Gasteiger partial charge in [-0.15, -0.1) is 0 Å². The maximum Gasteiger partial charge on any atom is 0.246 e. The fourth-order valence-electron chi connectivity index (χ4n) is 1.72. The summed E-state index contributed by atoms with van der Waals surface area (Å²) in [7, 11) is -3.92. The molecular formula is C10H9Cl3N2O3S. The molecule has 1 aliphatic heterocycles. The van der Waals surface area contributed by atoms with Crippen molar-refractivity contribution in [2.45, 2.75) is 4.90 Å².